The van der Waals surface area contributed by atoms with Crippen LogP contribution in [0.5, 0.6) is 0 Å². The van der Waals surface area contributed by atoms with Crippen molar-refractivity contribution in [3.63, 3.8) is 0 Å². The minimum atomic E-state index is -1.08. The summed E-state index contributed by atoms with van der Waals surface area (Å²) in [7, 11) is 0. The summed E-state index contributed by atoms with van der Waals surface area (Å²) in [4.78, 5) is 80.8. The maximum Gasteiger partial charge on any atom is 0.408 e. The fourth-order valence-electron chi connectivity index (χ4n) is 7.11. The molecule has 5 atom stereocenters. The number of likely N-dealkylation sites (tertiary alicyclic amines) is 1. The van der Waals surface area contributed by atoms with Crippen LogP contribution in [0.4, 0.5) is 4.79 Å². The molecule has 1 heterocycles. The Labute approximate surface area is 274 Å². The minimum absolute atomic E-state index is 0.0118. The Kier molecular flexibility index (Phi) is 11.9. The van der Waals surface area contributed by atoms with E-state index in [2.05, 4.69) is 35.1 Å². The van der Waals surface area contributed by atoms with E-state index in [0.29, 0.717) is 13.0 Å². The van der Waals surface area contributed by atoms with Crippen LogP contribution in [-0.2, 0) is 28.7 Å². The molecular weight excluding hydrogens is 590 g/mol. The predicted molar refractivity (Wildman–Crippen MR) is 173 cm³/mol. The fraction of sp³-hybridized carbons (Fsp3) is 0.824. The molecular formula is C34H57N5O7. The molecule has 0 bridgehead atoms. The molecule has 1 aliphatic heterocycles. The summed E-state index contributed by atoms with van der Waals surface area (Å²) in [5, 5.41) is 11.0. The van der Waals surface area contributed by atoms with Gasteiger partial charge in [-0.3, -0.25) is 24.0 Å². The summed E-state index contributed by atoms with van der Waals surface area (Å²) < 4.78 is 5.50. The Morgan fingerprint density at radius 2 is 1.57 bits per heavy atom. The highest BCUT2D eigenvalue weighted by molar-refractivity contribution is 6.38. The molecule has 4 N–H and O–H groups in total. The van der Waals surface area contributed by atoms with E-state index >= 15 is 0 Å². The van der Waals surface area contributed by atoms with Crippen LogP contribution in [0.1, 0.15) is 114 Å². The van der Waals surface area contributed by atoms with Gasteiger partial charge in [0.15, 0.2) is 0 Å². The number of Topliss-reactive ketones (excluding diaryl/α,β-unsaturated/α-hetero) is 1. The third-order valence-electron chi connectivity index (χ3n) is 9.41. The fourth-order valence-corrected chi connectivity index (χ4v) is 7.11. The van der Waals surface area contributed by atoms with E-state index in [0.717, 1.165) is 32.1 Å². The Morgan fingerprint density at radius 1 is 0.935 bits per heavy atom. The number of nitrogens with zero attached hydrogens (tertiary/aromatic N) is 1. The zero-order chi connectivity index (χ0) is 34.6. The molecule has 3 rings (SSSR count). The lowest BCUT2D eigenvalue weighted by Crippen LogP contribution is -2.59. The van der Waals surface area contributed by atoms with Crippen LogP contribution in [0.2, 0.25) is 0 Å². The van der Waals surface area contributed by atoms with E-state index in [1.807, 2.05) is 27.7 Å². The minimum Gasteiger partial charge on any atom is -0.444 e. The highest BCUT2D eigenvalue weighted by Gasteiger charge is 2.69. The average Bonchev–Trinajstić information content (AvgIpc) is 3.25. The number of carbonyl (C=O) groups excluding carboxylic acids is 6. The molecule has 0 spiro atoms. The van der Waals surface area contributed by atoms with Crippen molar-refractivity contribution in [3.8, 4) is 0 Å². The summed E-state index contributed by atoms with van der Waals surface area (Å²) in [6, 6.07) is -2.75. The maximum atomic E-state index is 14.3. The summed E-state index contributed by atoms with van der Waals surface area (Å²) in [5.41, 5.74) is -1.33. The number of rotatable bonds is 12. The van der Waals surface area contributed by atoms with E-state index in [9.17, 15) is 28.8 Å². The van der Waals surface area contributed by atoms with Crippen LogP contribution < -0.4 is 21.3 Å². The number of hydrogen-bond acceptors (Lipinski definition) is 7. The zero-order valence-corrected chi connectivity index (χ0v) is 29.3. The molecule has 0 radical (unpaired) electrons. The van der Waals surface area contributed by atoms with Gasteiger partial charge in [-0.25, -0.2) is 4.79 Å². The van der Waals surface area contributed by atoms with Crippen molar-refractivity contribution < 1.29 is 33.5 Å². The van der Waals surface area contributed by atoms with Gasteiger partial charge < -0.3 is 30.9 Å². The van der Waals surface area contributed by atoms with Gasteiger partial charge in [-0.05, 0) is 84.0 Å². The van der Waals surface area contributed by atoms with E-state index < -0.39 is 53.0 Å². The zero-order valence-electron chi connectivity index (χ0n) is 29.3. The SMILES string of the molecule is CCC[C@H](NC(=O)[C@@H]1C2C(CN1C(=O)C(NC(=O)OC(C)(C)C)C1CCCCC1)C2(C)C)C(=O)C(=O)NCCC(=O)NC(C)(C)C. The van der Waals surface area contributed by atoms with Crippen molar-refractivity contribution in [1.82, 2.24) is 26.2 Å². The molecule has 46 heavy (non-hydrogen) atoms. The lowest BCUT2D eigenvalue weighted by atomic mass is 9.83. The molecule has 2 saturated carbocycles. The first-order valence-corrected chi connectivity index (χ1v) is 17.0. The average molecular weight is 648 g/mol. The highest BCUT2D eigenvalue weighted by Crippen LogP contribution is 2.65. The summed E-state index contributed by atoms with van der Waals surface area (Å²) in [5.74, 6) is -2.79. The number of alkyl carbamates (subject to hydrolysis) is 1. The predicted octanol–water partition coefficient (Wildman–Crippen LogP) is 3.22. The quantitative estimate of drug-likeness (QED) is 0.236. The molecule has 1 saturated heterocycles. The number of ether oxygens (including phenoxy) is 1. The Hall–Kier alpha value is -3.18. The molecule has 5 amide bonds. The molecule has 3 aliphatic rings. The normalized spacial score (nSPS) is 23.8. The summed E-state index contributed by atoms with van der Waals surface area (Å²) in [6.07, 6.45) is 4.67. The van der Waals surface area contributed by atoms with Crippen molar-refractivity contribution in [2.75, 3.05) is 13.1 Å². The Balaban J connectivity index is 1.75. The topological polar surface area (TPSA) is 163 Å². The first kappa shape index (κ1) is 37.3. The van der Waals surface area contributed by atoms with Crippen molar-refractivity contribution in [1.29, 1.82) is 0 Å². The van der Waals surface area contributed by atoms with Crippen LogP contribution in [-0.4, -0.2) is 82.8 Å². The number of piperidine rings is 1. The van der Waals surface area contributed by atoms with Crippen molar-refractivity contribution in [2.24, 2.45) is 23.2 Å². The Morgan fingerprint density at radius 3 is 2.13 bits per heavy atom. The monoisotopic (exact) mass is 647 g/mol. The van der Waals surface area contributed by atoms with Gasteiger partial charge in [0, 0.05) is 25.0 Å². The largest absolute Gasteiger partial charge is 0.444 e. The third-order valence-corrected chi connectivity index (χ3v) is 9.41. The van der Waals surface area contributed by atoms with Gasteiger partial charge in [0.25, 0.3) is 5.91 Å². The van der Waals surface area contributed by atoms with Gasteiger partial charge in [-0.1, -0.05) is 46.5 Å². The van der Waals surface area contributed by atoms with Crippen LogP contribution in [0.25, 0.3) is 0 Å². The molecule has 2 aliphatic carbocycles. The van der Waals surface area contributed by atoms with Crippen molar-refractivity contribution in [3.05, 3.63) is 0 Å². The number of hydrogen-bond donors (Lipinski definition) is 4. The van der Waals surface area contributed by atoms with E-state index in [1.165, 1.54) is 0 Å². The molecule has 0 aromatic rings. The van der Waals surface area contributed by atoms with Gasteiger partial charge >= 0.3 is 6.09 Å². The molecule has 12 nitrogen and oxygen atoms in total. The van der Waals surface area contributed by atoms with E-state index in [4.69, 9.17) is 4.74 Å². The van der Waals surface area contributed by atoms with E-state index in [1.54, 1.807) is 25.7 Å². The van der Waals surface area contributed by atoms with Crippen molar-refractivity contribution >= 4 is 35.5 Å². The number of ketones is 1. The molecule has 0 aromatic heterocycles. The molecule has 260 valence electrons. The number of carbonyl (C=O) groups is 6. The molecule has 0 aromatic carbocycles. The van der Waals surface area contributed by atoms with Gasteiger partial charge in [0.1, 0.15) is 17.7 Å². The lowest BCUT2D eigenvalue weighted by Gasteiger charge is -2.37. The first-order chi connectivity index (χ1) is 21.3. The molecule has 12 heteroatoms. The second-order valence-electron chi connectivity index (χ2n) is 15.9. The standard InChI is InChI=1S/C34H57N5O7/c1-10-14-22(27(41)29(43)35-18-17-23(40)38-32(2,3)4)36-28(42)26-24-21(34(24,8)9)19-39(26)30(44)25(20-15-12-11-13-16-20)37-31(45)46-33(5,6)7/h20-22,24-26H,10-19H2,1-9H3,(H,35,43)(H,36,42)(H,37,45)(H,38,40)/t21?,22-,24?,25?,26-/m0/s1. The second-order valence-corrected chi connectivity index (χ2v) is 15.9. The Bertz CT molecular complexity index is 1170. The third kappa shape index (κ3) is 9.67. The van der Waals surface area contributed by atoms with Crippen molar-refractivity contribution in [2.45, 2.75) is 143 Å². The molecule has 3 unspecified atom stereocenters. The molecule has 3 fully saturated rings. The van der Waals surface area contributed by atoms with E-state index in [-0.39, 0.29) is 54.4 Å². The lowest BCUT2D eigenvalue weighted by molar-refractivity contribution is -0.145. The van der Waals surface area contributed by atoms with Crippen LogP contribution in [0, 0.1) is 23.2 Å². The van der Waals surface area contributed by atoms with Gasteiger partial charge in [-0.15, -0.1) is 0 Å². The number of nitrogens with one attached hydrogen (secondary N) is 4. The number of fused-ring (bicyclic) bond motifs is 1. The van der Waals surface area contributed by atoms with Gasteiger partial charge in [0.2, 0.25) is 23.5 Å². The van der Waals surface area contributed by atoms with Gasteiger partial charge in [0.05, 0.1) is 6.04 Å². The van der Waals surface area contributed by atoms with Gasteiger partial charge in [-0.2, -0.15) is 0 Å². The smallest absolute Gasteiger partial charge is 0.408 e. The first-order valence-electron chi connectivity index (χ1n) is 17.0. The van der Waals surface area contributed by atoms with Crippen LogP contribution >= 0.6 is 0 Å². The van der Waals surface area contributed by atoms with Crippen LogP contribution in [0.3, 0.4) is 0 Å². The number of amides is 5. The summed E-state index contributed by atoms with van der Waals surface area (Å²) >= 11 is 0. The highest BCUT2D eigenvalue weighted by atomic mass is 16.6. The van der Waals surface area contributed by atoms with Crippen LogP contribution in [0.15, 0.2) is 0 Å². The summed E-state index contributed by atoms with van der Waals surface area (Å²) in [6.45, 7) is 17.2. The second kappa shape index (κ2) is 14.7. The maximum absolute atomic E-state index is 14.3.